The third kappa shape index (κ3) is 13.4. The maximum absolute atomic E-state index is 12.2. The summed E-state index contributed by atoms with van der Waals surface area (Å²) in [4.78, 5) is 57.4. The van der Waals surface area contributed by atoms with Gasteiger partial charge in [-0.2, -0.15) is 0 Å². The van der Waals surface area contributed by atoms with Crippen LogP contribution in [0.3, 0.4) is 0 Å². The predicted molar refractivity (Wildman–Crippen MR) is 189 cm³/mol. The van der Waals surface area contributed by atoms with Crippen molar-refractivity contribution in [2.24, 2.45) is 0 Å². The van der Waals surface area contributed by atoms with Gasteiger partial charge in [-0.05, 0) is 88.3 Å². The van der Waals surface area contributed by atoms with Crippen LogP contribution in [0.2, 0.25) is 0 Å². The number of unbranched alkanes of at least 4 members (excludes halogenated alkanes) is 1. The van der Waals surface area contributed by atoms with Gasteiger partial charge in [0.15, 0.2) is 0 Å². The molecule has 48 heavy (non-hydrogen) atoms. The topological polar surface area (TPSA) is 166 Å². The van der Waals surface area contributed by atoms with E-state index in [1.54, 1.807) is 12.1 Å². The molecule has 12 nitrogen and oxygen atoms in total. The first-order valence-electron chi connectivity index (χ1n) is 16.7. The molecule has 2 heterocycles. The zero-order chi connectivity index (χ0) is 33.8. The number of nitrogens with zero attached hydrogens (tertiary/aromatic N) is 2. The molecule has 2 aromatic heterocycles. The molecule has 0 unspecified atom stereocenters. The molecule has 4 aromatic rings. The van der Waals surface area contributed by atoms with E-state index in [0.29, 0.717) is 24.7 Å². The van der Waals surface area contributed by atoms with Gasteiger partial charge in [-0.25, -0.2) is 9.97 Å². The van der Waals surface area contributed by atoms with Crippen LogP contribution in [0.25, 0.3) is 21.8 Å². The fourth-order valence-corrected chi connectivity index (χ4v) is 4.95. The molecule has 0 aliphatic rings. The van der Waals surface area contributed by atoms with Crippen molar-refractivity contribution < 1.29 is 19.2 Å². The number of amides is 4. The molecule has 0 saturated carbocycles. The second kappa shape index (κ2) is 20.3. The zero-order valence-electron chi connectivity index (χ0n) is 27.4. The highest BCUT2D eigenvalue weighted by Gasteiger charge is 2.09. The molecule has 0 aliphatic heterocycles. The second-order valence-electron chi connectivity index (χ2n) is 11.5. The molecule has 12 heteroatoms. The Morgan fingerprint density at radius 3 is 1.29 bits per heavy atom. The van der Waals surface area contributed by atoms with Crippen molar-refractivity contribution in [3.8, 4) is 0 Å². The summed E-state index contributed by atoms with van der Waals surface area (Å²) >= 11 is 0. The highest BCUT2D eigenvalue weighted by molar-refractivity contribution is 5.94. The number of hydrogen-bond donors (Lipinski definition) is 6. The van der Waals surface area contributed by atoms with Crippen molar-refractivity contribution in [3.05, 3.63) is 72.8 Å². The van der Waals surface area contributed by atoms with Crippen LogP contribution in [0.5, 0.6) is 0 Å². The molecule has 0 saturated heterocycles. The van der Waals surface area contributed by atoms with E-state index in [4.69, 9.17) is 0 Å². The number of rotatable bonds is 21. The monoisotopic (exact) mass is 654 g/mol. The first-order valence-corrected chi connectivity index (χ1v) is 16.7. The van der Waals surface area contributed by atoms with Gasteiger partial charge in [0.05, 0.1) is 11.0 Å². The van der Waals surface area contributed by atoms with Crippen molar-refractivity contribution in [2.45, 2.75) is 51.4 Å². The smallest absolute Gasteiger partial charge is 0.226 e. The van der Waals surface area contributed by atoms with Gasteiger partial charge < -0.3 is 31.9 Å². The summed E-state index contributed by atoms with van der Waals surface area (Å²) in [6.07, 6.45) is 4.18. The number of aromatic nitrogens is 2. The summed E-state index contributed by atoms with van der Waals surface area (Å²) in [5.74, 6) is 0.213. The average Bonchev–Trinajstić information content (AvgIpc) is 3.10. The van der Waals surface area contributed by atoms with E-state index in [2.05, 4.69) is 41.9 Å². The van der Waals surface area contributed by atoms with Crippen molar-refractivity contribution in [1.82, 2.24) is 31.2 Å². The minimum absolute atomic E-state index is 0.105. The predicted octanol–water partition coefficient (Wildman–Crippen LogP) is 3.89. The average molecular weight is 655 g/mol. The number of benzene rings is 2. The Kier molecular flexibility index (Phi) is 15.2. The Bertz CT molecular complexity index is 1530. The number of nitrogens with one attached hydrogen (secondary N) is 6. The first kappa shape index (κ1) is 35.9. The van der Waals surface area contributed by atoms with E-state index in [-0.39, 0.29) is 49.3 Å². The minimum atomic E-state index is -0.235. The highest BCUT2D eigenvalue weighted by atomic mass is 16.2. The van der Waals surface area contributed by atoms with Gasteiger partial charge in [-0.15, -0.1) is 0 Å². The number of hydrogen-bond acceptors (Lipinski definition) is 8. The standard InChI is InChI=1S/C36H46N8O4/c45-33(17-19-35(47)43-31-15-13-27-9-1-3-11-29(27)41-31)39-25-7-23-37-21-5-6-22-38-24-8-26-40-34(46)18-20-36(48)44-32-16-14-28-10-2-4-12-30(28)42-32/h1-4,9-16,37-38H,5-8,17-26H2,(H,39,45)(H,40,46)(H,41,43,47)(H,42,44,48). The molecule has 0 aliphatic carbocycles. The lowest BCUT2D eigenvalue weighted by molar-refractivity contribution is -0.124. The summed E-state index contributed by atoms with van der Waals surface area (Å²) in [6, 6.07) is 22.7. The third-order valence-corrected chi connectivity index (χ3v) is 7.55. The van der Waals surface area contributed by atoms with Crippen molar-refractivity contribution in [1.29, 1.82) is 0 Å². The Labute approximate surface area is 281 Å². The Morgan fingerprint density at radius 1 is 0.438 bits per heavy atom. The lowest BCUT2D eigenvalue weighted by Gasteiger charge is -2.09. The summed E-state index contributed by atoms with van der Waals surface area (Å²) < 4.78 is 0. The van der Waals surface area contributed by atoms with E-state index in [1.165, 1.54) is 0 Å². The van der Waals surface area contributed by atoms with E-state index >= 15 is 0 Å². The van der Waals surface area contributed by atoms with Crippen LogP contribution in [0.1, 0.15) is 51.4 Å². The van der Waals surface area contributed by atoms with Crippen LogP contribution in [-0.4, -0.2) is 72.9 Å². The molecule has 0 bridgehead atoms. The first-order chi connectivity index (χ1) is 23.5. The van der Waals surface area contributed by atoms with E-state index in [1.807, 2.05) is 60.7 Å². The minimum Gasteiger partial charge on any atom is -0.356 e. The van der Waals surface area contributed by atoms with Gasteiger partial charge in [-0.1, -0.05) is 36.4 Å². The van der Waals surface area contributed by atoms with Gasteiger partial charge in [0.1, 0.15) is 11.6 Å². The summed E-state index contributed by atoms with van der Waals surface area (Å²) in [6.45, 7) is 4.55. The van der Waals surface area contributed by atoms with Gasteiger partial charge in [-0.3, -0.25) is 19.2 Å². The molecule has 6 N–H and O–H groups in total. The van der Waals surface area contributed by atoms with Crippen molar-refractivity contribution in [2.75, 3.05) is 49.9 Å². The quantitative estimate of drug-likeness (QED) is 0.0737. The van der Waals surface area contributed by atoms with Crippen LogP contribution < -0.4 is 31.9 Å². The number of carbonyl (C=O) groups excluding carboxylic acids is 4. The number of anilines is 2. The number of para-hydroxylation sites is 2. The normalized spacial score (nSPS) is 10.9. The molecule has 0 radical (unpaired) electrons. The number of fused-ring (bicyclic) bond motifs is 2. The molecule has 4 rings (SSSR count). The third-order valence-electron chi connectivity index (χ3n) is 7.55. The van der Waals surface area contributed by atoms with Gasteiger partial charge >= 0.3 is 0 Å². The van der Waals surface area contributed by atoms with Crippen LogP contribution in [0, 0.1) is 0 Å². The SMILES string of the molecule is O=C(CCC(=O)Nc1ccc2ccccc2n1)NCCCNCCCCNCCCNC(=O)CCC(=O)Nc1ccc2ccccc2n1. The largest absolute Gasteiger partial charge is 0.356 e. The fraction of sp³-hybridized carbons (Fsp3) is 0.389. The van der Waals surface area contributed by atoms with Gasteiger partial charge in [0, 0.05) is 49.5 Å². The molecule has 2 aromatic carbocycles. The van der Waals surface area contributed by atoms with Crippen molar-refractivity contribution in [3.63, 3.8) is 0 Å². The molecule has 0 atom stereocenters. The molecule has 4 amide bonds. The maximum atomic E-state index is 12.2. The Morgan fingerprint density at radius 2 is 0.833 bits per heavy atom. The molecule has 0 fully saturated rings. The maximum Gasteiger partial charge on any atom is 0.226 e. The van der Waals surface area contributed by atoms with Crippen molar-refractivity contribution >= 4 is 57.1 Å². The van der Waals surface area contributed by atoms with Gasteiger partial charge in [0.25, 0.3) is 0 Å². The summed E-state index contributed by atoms with van der Waals surface area (Å²) in [7, 11) is 0. The van der Waals surface area contributed by atoms with E-state index in [9.17, 15) is 19.2 Å². The van der Waals surface area contributed by atoms with Crippen LogP contribution in [0.4, 0.5) is 11.6 Å². The molecular weight excluding hydrogens is 608 g/mol. The number of pyridine rings is 2. The number of carbonyl (C=O) groups is 4. The van der Waals surface area contributed by atoms with Crippen LogP contribution in [-0.2, 0) is 19.2 Å². The summed E-state index contributed by atoms with van der Waals surface area (Å²) in [5, 5.41) is 20.0. The summed E-state index contributed by atoms with van der Waals surface area (Å²) in [5.41, 5.74) is 1.61. The van der Waals surface area contributed by atoms with Crippen LogP contribution >= 0.6 is 0 Å². The lowest BCUT2D eigenvalue weighted by Crippen LogP contribution is -2.29. The highest BCUT2D eigenvalue weighted by Crippen LogP contribution is 2.16. The molecule has 0 spiro atoms. The fourth-order valence-electron chi connectivity index (χ4n) is 4.95. The lowest BCUT2D eigenvalue weighted by atomic mass is 10.2. The molecular formula is C36H46N8O4. The van der Waals surface area contributed by atoms with E-state index in [0.717, 1.165) is 73.7 Å². The zero-order valence-corrected chi connectivity index (χ0v) is 27.4. The van der Waals surface area contributed by atoms with E-state index < -0.39 is 0 Å². The van der Waals surface area contributed by atoms with Crippen LogP contribution in [0.15, 0.2) is 72.8 Å². The Balaban J connectivity index is 0.891. The second-order valence-corrected chi connectivity index (χ2v) is 11.5. The van der Waals surface area contributed by atoms with Gasteiger partial charge in [0.2, 0.25) is 23.6 Å². The molecule has 254 valence electrons. The Hall–Kier alpha value is -4.94.